The zero-order valence-electron chi connectivity index (χ0n) is 10.8. The van der Waals surface area contributed by atoms with Gasteiger partial charge in [0.25, 0.3) is 5.91 Å². The highest BCUT2D eigenvalue weighted by Gasteiger charge is 2.17. The summed E-state index contributed by atoms with van der Waals surface area (Å²) in [5, 5.41) is 19.8. The number of aliphatic hydroxyl groups is 1. The minimum Gasteiger partial charge on any atom is -0.477 e. The highest BCUT2D eigenvalue weighted by molar-refractivity contribution is 5.77. The van der Waals surface area contributed by atoms with Gasteiger partial charge in [0.15, 0.2) is 12.4 Å². The average molecular weight is 268 g/mol. The van der Waals surface area contributed by atoms with Crippen molar-refractivity contribution in [2.75, 3.05) is 20.2 Å². The predicted molar refractivity (Wildman–Crippen MR) is 67.8 cm³/mol. The average Bonchev–Trinajstić information content (AvgIpc) is 2.43. The van der Waals surface area contributed by atoms with E-state index in [-0.39, 0.29) is 30.6 Å². The van der Waals surface area contributed by atoms with Gasteiger partial charge in [-0.2, -0.15) is 0 Å². The highest BCUT2D eigenvalue weighted by atomic mass is 16.6. The first-order valence-corrected chi connectivity index (χ1v) is 5.74. The predicted octanol–water partition coefficient (Wildman–Crippen LogP) is 0.944. The summed E-state index contributed by atoms with van der Waals surface area (Å²) < 4.78 is 5.17. The van der Waals surface area contributed by atoms with Crippen molar-refractivity contribution < 1.29 is 19.6 Å². The molecule has 0 saturated carbocycles. The Balaban J connectivity index is 2.83. The summed E-state index contributed by atoms with van der Waals surface area (Å²) in [6, 6.07) is 4.11. The van der Waals surface area contributed by atoms with Crippen LogP contribution in [-0.4, -0.2) is 41.0 Å². The molecular weight excluding hydrogens is 252 g/mol. The number of nitro benzene ring substituents is 1. The molecule has 0 unspecified atom stereocenters. The number of ether oxygens (including phenoxy) is 1. The topological polar surface area (TPSA) is 92.9 Å². The maximum atomic E-state index is 11.5. The molecule has 1 aromatic rings. The van der Waals surface area contributed by atoms with Gasteiger partial charge in [-0.15, -0.1) is 0 Å². The van der Waals surface area contributed by atoms with Crippen molar-refractivity contribution in [2.45, 2.75) is 13.5 Å². The summed E-state index contributed by atoms with van der Waals surface area (Å²) in [5.74, 6) is -0.247. The summed E-state index contributed by atoms with van der Waals surface area (Å²) in [5.41, 5.74) is 0.148. The quantitative estimate of drug-likeness (QED) is 0.612. The first kappa shape index (κ1) is 14.9. The standard InChI is InChI=1S/C12H16N2O5/c1-3-13(2)12(16)8-19-11-5-4-9(7-15)6-10(11)14(17)18/h4-6,15H,3,7-8H2,1-2H3. The lowest BCUT2D eigenvalue weighted by molar-refractivity contribution is -0.385. The lowest BCUT2D eigenvalue weighted by atomic mass is 10.2. The Kier molecular flexibility index (Phi) is 5.25. The van der Waals surface area contributed by atoms with Gasteiger partial charge in [-0.3, -0.25) is 14.9 Å². The molecule has 19 heavy (non-hydrogen) atoms. The van der Waals surface area contributed by atoms with Crippen molar-refractivity contribution in [1.82, 2.24) is 4.90 Å². The third-order valence-corrected chi connectivity index (χ3v) is 2.65. The van der Waals surface area contributed by atoms with E-state index in [0.29, 0.717) is 12.1 Å². The number of aliphatic hydroxyl groups excluding tert-OH is 1. The monoisotopic (exact) mass is 268 g/mol. The number of hydrogen-bond acceptors (Lipinski definition) is 5. The molecular formula is C12H16N2O5. The lowest BCUT2D eigenvalue weighted by Crippen LogP contribution is -2.31. The van der Waals surface area contributed by atoms with Crippen LogP contribution in [0.25, 0.3) is 0 Å². The Morgan fingerprint density at radius 2 is 2.21 bits per heavy atom. The van der Waals surface area contributed by atoms with Gasteiger partial charge in [0.2, 0.25) is 0 Å². The van der Waals surface area contributed by atoms with E-state index in [1.807, 2.05) is 6.92 Å². The third-order valence-electron chi connectivity index (χ3n) is 2.65. The Hall–Kier alpha value is -2.15. The smallest absolute Gasteiger partial charge is 0.311 e. The van der Waals surface area contributed by atoms with Crippen LogP contribution >= 0.6 is 0 Å². The van der Waals surface area contributed by atoms with Crippen molar-refractivity contribution in [3.05, 3.63) is 33.9 Å². The fourth-order valence-electron chi connectivity index (χ4n) is 1.35. The second kappa shape index (κ2) is 6.69. The number of amides is 1. The fourth-order valence-corrected chi connectivity index (χ4v) is 1.35. The van der Waals surface area contributed by atoms with E-state index < -0.39 is 4.92 Å². The normalized spacial score (nSPS) is 10.1. The molecule has 0 aliphatic rings. The number of nitrogens with zero attached hydrogens (tertiary/aromatic N) is 2. The number of rotatable bonds is 6. The van der Waals surface area contributed by atoms with Crippen molar-refractivity contribution in [3.8, 4) is 5.75 Å². The van der Waals surface area contributed by atoms with Crippen LogP contribution in [0.5, 0.6) is 5.75 Å². The Morgan fingerprint density at radius 1 is 1.53 bits per heavy atom. The van der Waals surface area contributed by atoms with E-state index in [2.05, 4.69) is 0 Å². The number of nitro groups is 1. The SMILES string of the molecule is CCN(C)C(=O)COc1ccc(CO)cc1[N+](=O)[O-]. The third kappa shape index (κ3) is 3.92. The zero-order chi connectivity index (χ0) is 14.4. The summed E-state index contributed by atoms with van der Waals surface area (Å²) in [4.78, 5) is 23.3. The van der Waals surface area contributed by atoms with Gasteiger partial charge in [0.1, 0.15) is 0 Å². The second-order valence-corrected chi connectivity index (χ2v) is 3.91. The molecule has 0 saturated heterocycles. The maximum Gasteiger partial charge on any atom is 0.311 e. The van der Waals surface area contributed by atoms with Crippen LogP contribution in [-0.2, 0) is 11.4 Å². The van der Waals surface area contributed by atoms with Crippen molar-refractivity contribution in [2.24, 2.45) is 0 Å². The van der Waals surface area contributed by atoms with Crippen LogP contribution in [0.1, 0.15) is 12.5 Å². The van der Waals surface area contributed by atoms with Gasteiger partial charge >= 0.3 is 5.69 Å². The van der Waals surface area contributed by atoms with E-state index in [9.17, 15) is 14.9 Å². The van der Waals surface area contributed by atoms with Crippen LogP contribution in [0, 0.1) is 10.1 Å². The summed E-state index contributed by atoms with van der Waals surface area (Å²) in [6.45, 7) is 1.80. The number of hydrogen-bond donors (Lipinski definition) is 1. The molecule has 0 atom stereocenters. The van der Waals surface area contributed by atoms with Crippen molar-refractivity contribution in [3.63, 3.8) is 0 Å². The molecule has 7 nitrogen and oxygen atoms in total. The van der Waals surface area contributed by atoms with Gasteiger partial charge in [-0.1, -0.05) is 6.07 Å². The molecule has 0 aliphatic heterocycles. The number of benzene rings is 1. The first-order chi connectivity index (χ1) is 8.99. The maximum absolute atomic E-state index is 11.5. The molecule has 104 valence electrons. The van der Waals surface area contributed by atoms with Gasteiger partial charge < -0.3 is 14.7 Å². The molecule has 0 aromatic heterocycles. The summed E-state index contributed by atoms with van der Waals surface area (Å²) in [7, 11) is 1.62. The molecule has 0 radical (unpaired) electrons. The first-order valence-electron chi connectivity index (χ1n) is 5.74. The second-order valence-electron chi connectivity index (χ2n) is 3.91. The van der Waals surface area contributed by atoms with Crippen LogP contribution in [0.15, 0.2) is 18.2 Å². The van der Waals surface area contributed by atoms with Gasteiger partial charge in [-0.25, -0.2) is 0 Å². The molecule has 1 aromatic carbocycles. The Labute approximate surface area is 110 Å². The van der Waals surface area contributed by atoms with E-state index >= 15 is 0 Å². The van der Waals surface area contributed by atoms with Crippen LogP contribution in [0.4, 0.5) is 5.69 Å². The van der Waals surface area contributed by atoms with Gasteiger partial charge in [0.05, 0.1) is 11.5 Å². The Morgan fingerprint density at radius 3 is 2.74 bits per heavy atom. The molecule has 0 heterocycles. The minimum atomic E-state index is -0.609. The van der Waals surface area contributed by atoms with E-state index in [4.69, 9.17) is 9.84 Å². The lowest BCUT2D eigenvalue weighted by Gasteiger charge is -2.14. The molecule has 1 amide bonds. The zero-order valence-corrected chi connectivity index (χ0v) is 10.8. The minimum absolute atomic E-state index is 0.0139. The summed E-state index contributed by atoms with van der Waals surface area (Å²) >= 11 is 0. The molecule has 0 bridgehead atoms. The van der Waals surface area contributed by atoms with E-state index in [1.54, 1.807) is 7.05 Å². The van der Waals surface area contributed by atoms with E-state index in [0.717, 1.165) is 0 Å². The van der Waals surface area contributed by atoms with Gasteiger partial charge in [-0.05, 0) is 18.6 Å². The van der Waals surface area contributed by atoms with Crippen LogP contribution < -0.4 is 4.74 Å². The number of carbonyl (C=O) groups is 1. The van der Waals surface area contributed by atoms with Crippen LogP contribution in [0.2, 0.25) is 0 Å². The van der Waals surface area contributed by atoms with Crippen molar-refractivity contribution >= 4 is 11.6 Å². The number of likely N-dealkylation sites (N-methyl/N-ethyl adjacent to an activating group) is 1. The van der Waals surface area contributed by atoms with Gasteiger partial charge in [0, 0.05) is 19.7 Å². The largest absolute Gasteiger partial charge is 0.477 e. The molecule has 0 fully saturated rings. The Bertz CT molecular complexity index is 475. The van der Waals surface area contributed by atoms with Crippen LogP contribution in [0.3, 0.4) is 0 Å². The molecule has 0 spiro atoms. The van der Waals surface area contributed by atoms with E-state index in [1.165, 1.54) is 23.1 Å². The van der Waals surface area contributed by atoms with Crippen molar-refractivity contribution in [1.29, 1.82) is 0 Å². The molecule has 7 heteroatoms. The molecule has 1 N–H and O–H groups in total. The highest BCUT2D eigenvalue weighted by Crippen LogP contribution is 2.27. The fraction of sp³-hybridized carbons (Fsp3) is 0.417. The summed E-state index contributed by atoms with van der Waals surface area (Å²) in [6.07, 6.45) is 0. The molecule has 0 aliphatic carbocycles. The molecule has 1 rings (SSSR count). The number of carbonyl (C=O) groups excluding carboxylic acids is 1.